The first-order valence-electron chi connectivity index (χ1n) is 10.7. The van der Waals surface area contributed by atoms with Crippen LogP contribution in [0.25, 0.3) is 0 Å². The van der Waals surface area contributed by atoms with Gasteiger partial charge in [-0.2, -0.15) is 8.78 Å². The van der Waals surface area contributed by atoms with Crippen LogP contribution in [0, 0.1) is 6.92 Å². The lowest BCUT2D eigenvalue weighted by Crippen LogP contribution is -2.70. The second-order valence-corrected chi connectivity index (χ2v) is 8.04. The van der Waals surface area contributed by atoms with Crippen molar-refractivity contribution < 1.29 is 38.2 Å². The van der Waals surface area contributed by atoms with Gasteiger partial charge in [-0.1, -0.05) is 18.2 Å². The topological polar surface area (TPSA) is 102 Å². The number of ether oxygens (including phenoxy) is 1. The molecule has 0 spiro atoms. The molecule has 1 aliphatic heterocycles. The molecule has 0 saturated carbocycles. The molecule has 0 radical (unpaired) electrons. The molecule has 0 aliphatic carbocycles. The summed E-state index contributed by atoms with van der Waals surface area (Å²) in [6.45, 7) is 1.09. The molecule has 8 nitrogen and oxygen atoms in total. The summed E-state index contributed by atoms with van der Waals surface area (Å²) >= 11 is 0. The maximum Gasteiger partial charge on any atom is 0.387 e. The van der Waals surface area contributed by atoms with E-state index >= 15 is 0 Å². The van der Waals surface area contributed by atoms with E-state index in [4.69, 9.17) is 4.84 Å². The summed E-state index contributed by atoms with van der Waals surface area (Å²) in [5.74, 6) is -1.14. The van der Waals surface area contributed by atoms with Gasteiger partial charge in [0.25, 0.3) is 5.91 Å². The number of nitrogens with one attached hydrogen (secondary N) is 2. The Kier molecular flexibility index (Phi) is 8.17. The van der Waals surface area contributed by atoms with Gasteiger partial charge in [-0.3, -0.25) is 14.4 Å². The second kappa shape index (κ2) is 11.1. The number of carbonyl (C=O) groups is 2. The van der Waals surface area contributed by atoms with Crippen LogP contribution in [-0.4, -0.2) is 53.8 Å². The van der Waals surface area contributed by atoms with Crippen LogP contribution in [0.15, 0.2) is 42.5 Å². The molecular formula is C24H28F2N3O5+. The maximum absolute atomic E-state index is 12.8. The summed E-state index contributed by atoms with van der Waals surface area (Å²) < 4.78 is 29.5. The first kappa shape index (κ1) is 25.1. The Morgan fingerprint density at radius 1 is 1.24 bits per heavy atom. The summed E-state index contributed by atoms with van der Waals surface area (Å²) in [5.41, 5.74) is 3.35. The van der Waals surface area contributed by atoms with Crippen LogP contribution in [0.1, 0.15) is 41.7 Å². The Labute approximate surface area is 196 Å². The van der Waals surface area contributed by atoms with Crippen molar-refractivity contribution in [2.75, 3.05) is 13.7 Å². The number of alkyl halides is 2. The lowest BCUT2D eigenvalue weighted by molar-refractivity contribution is -0.744. The van der Waals surface area contributed by atoms with Crippen LogP contribution in [-0.2, 0) is 21.0 Å². The maximum atomic E-state index is 12.8. The highest BCUT2D eigenvalue weighted by Crippen LogP contribution is 2.28. The number of aliphatic hydroxyl groups is 1. The average Bonchev–Trinajstić information content (AvgIpc) is 2.76. The van der Waals surface area contributed by atoms with Crippen molar-refractivity contribution in [2.24, 2.45) is 0 Å². The number of halogens is 2. The molecule has 2 amide bonds. The molecule has 3 rings (SSSR count). The first-order valence-corrected chi connectivity index (χ1v) is 10.7. The highest BCUT2D eigenvalue weighted by atomic mass is 19.3. The molecular weight excluding hydrogens is 448 g/mol. The monoisotopic (exact) mass is 476 g/mol. The number of aryl methyl sites for hydroxylation is 1. The van der Waals surface area contributed by atoms with E-state index in [1.54, 1.807) is 6.92 Å². The lowest BCUT2D eigenvalue weighted by atomic mass is 9.98. The van der Waals surface area contributed by atoms with E-state index in [2.05, 4.69) is 15.2 Å². The minimum Gasteiger partial charge on any atom is -0.435 e. The molecule has 0 unspecified atom stereocenters. The number of carbonyl (C=O) groups excluding carboxylic acids is 2. The van der Waals surface area contributed by atoms with Gasteiger partial charge in [-0.15, -0.1) is 0 Å². The number of amides is 2. The molecule has 182 valence electrons. The quantitative estimate of drug-likeness (QED) is 0.370. The second-order valence-electron chi connectivity index (χ2n) is 8.04. The van der Waals surface area contributed by atoms with Gasteiger partial charge in [0, 0.05) is 25.6 Å². The van der Waals surface area contributed by atoms with E-state index in [9.17, 15) is 23.5 Å². The van der Waals surface area contributed by atoms with Gasteiger partial charge in [-0.25, -0.2) is 0 Å². The molecule has 1 heterocycles. The molecule has 1 fully saturated rings. The zero-order chi connectivity index (χ0) is 24.8. The molecule has 2 aromatic rings. The fourth-order valence-electron chi connectivity index (χ4n) is 3.72. The van der Waals surface area contributed by atoms with E-state index < -0.39 is 24.7 Å². The Bertz CT molecular complexity index is 1060. The van der Waals surface area contributed by atoms with Crippen molar-refractivity contribution in [1.29, 1.82) is 0 Å². The van der Waals surface area contributed by atoms with Gasteiger partial charge in [-0.05, 0) is 59.5 Å². The standard InChI is InChI=1S/C24H27F2N3O5/c1-14-10-18(12-19(11-14)34-24(25)26)21(30)23(32)29-9-8-20(29)22(31)27-13-16-4-6-17(7-5-16)15(2)28-33-3/h4-7,10-12,20-21,24,30H,8-9,13H2,1-3H3,(H,27,31)/p+1/b28-15+/t20-,21+/m0/s1. The van der Waals surface area contributed by atoms with Gasteiger partial charge >= 0.3 is 6.61 Å². The number of aliphatic hydroxyl groups excluding tert-OH is 1. The molecule has 2 aromatic carbocycles. The molecule has 1 aliphatic rings. The summed E-state index contributed by atoms with van der Waals surface area (Å²) in [4.78, 5) is 31.6. The fraction of sp³-hybridized carbons (Fsp3) is 0.375. The van der Waals surface area contributed by atoms with Crippen molar-refractivity contribution >= 4 is 17.5 Å². The molecule has 0 aromatic heterocycles. The van der Waals surface area contributed by atoms with Gasteiger partial charge in [0.05, 0.1) is 0 Å². The highest BCUT2D eigenvalue weighted by Gasteiger charge is 2.40. The first-order chi connectivity index (χ1) is 16.2. The number of benzene rings is 2. The number of hydrogen-bond donors (Lipinski definition) is 3. The molecule has 1 saturated heterocycles. The van der Waals surface area contributed by atoms with Crippen LogP contribution in [0.2, 0.25) is 0 Å². The minimum absolute atomic E-state index is 0.127. The Morgan fingerprint density at radius 2 is 1.94 bits per heavy atom. The van der Waals surface area contributed by atoms with Gasteiger partial charge in [0.1, 0.15) is 18.9 Å². The van der Waals surface area contributed by atoms with Crippen LogP contribution in [0.5, 0.6) is 5.75 Å². The summed E-state index contributed by atoms with van der Waals surface area (Å²) in [7, 11) is 1.53. The van der Waals surface area contributed by atoms with Crippen LogP contribution in [0.3, 0.4) is 0 Å². The predicted molar refractivity (Wildman–Crippen MR) is 119 cm³/mol. The van der Waals surface area contributed by atoms with Crippen molar-refractivity contribution in [3.63, 3.8) is 0 Å². The predicted octanol–water partition coefficient (Wildman–Crippen LogP) is 0.998. The van der Waals surface area contributed by atoms with E-state index in [-0.39, 0.29) is 23.8 Å². The fourth-order valence-corrected chi connectivity index (χ4v) is 3.72. The van der Waals surface area contributed by atoms with E-state index in [1.165, 1.54) is 30.2 Å². The minimum atomic E-state index is -3.02. The Hall–Kier alpha value is -3.53. The molecule has 34 heavy (non-hydrogen) atoms. The summed E-state index contributed by atoms with van der Waals surface area (Å²) in [6, 6.07) is 10.9. The third kappa shape index (κ3) is 6.07. The van der Waals surface area contributed by atoms with Crippen molar-refractivity contribution in [1.82, 2.24) is 10.2 Å². The lowest BCUT2D eigenvalue weighted by Gasteiger charge is -2.40. The van der Waals surface area contributed by atoms with Gasteiger partial charge in [0.15, 0.2) is 6.10 Å². The van der Waals surface area contributed by atoms with Crippen molar-refractivity contribution in [3.05, 3.63) is 64.7 Å². The molecule has 3 N–H and O–H groups in total. The van der Waals surface area contributed by atoms with E-state index in [1.807, 2.05) is 31.2 Å². The van der Waals surface area contributed by atoms with Crippen LogP contribution >= 0.6 is 0 Å². The number of hydrogen-bond acceptors (Lipinski definition) is 5. The van der Waals surface area contributed by atoms with Crippen LogP contribution < -0.4 is 15.2 Å². The molecule has 2 atom stereocenters. The largest absolute Gasteiger partial charge is 0.435 e. The van der Waals surface area contributed by atoms with Crippen molar-refractivity contribution in [2.45, 2.75) is 45.6 Å². The number of likely N-dealkylation sites (tertiary alicyclic amines) is 1. The number of nitrogens with zero attached hydrogens (tertiary/aromatic N) is 1. The van der Waals surface area contributed by atoms with Crippen LogP contribution in [0.4, 0.5) is 8.78 Å². The van der Waals surface area contributed by atoms with E-state index in [0.29, 0.717) is 18.5 Å². The van der Waals surface area contributed by atoms with Gasteiger partial charge < -0.3 is 20.1 Å². The van der Waals surface area contributed by atoms with Crippen molar-refractivity contribution in [3.8, 4) is 5.75 Å². The normalized spacial score (nSPS) is 16.6. The summed E-state index contributed by atoms with van der Waals surface area (Å²) in [5, 5.41) is 16.1. The smallest absolute Gasteiger partial charge is 0.387 e. The third-order valence-electron chi connectivity index (χ3n) is 5.56. The zero-order valence-corrected chi connectivity index (χ0v) is 19.2. The average molecular weight is 477 g/mol. The SMILES string of the molecule is CO/[NH+]=C(\C)c1ccc(CNC(=O)[C@@H]2CCN2C(=O)[C@H](O)c2cc(C)cc(OC(F)F)c2)cc1. The molecule has 10 heteroatoms. The zero-order valence-electron chi connectivity index (χ0n) is 19.2. The van der Waals surface area contributed by atoms with Gasteiger partial charge in [0.2, 0.25) is 11.6 Å². The number of rotatable bonds is 9. The van der Waals surface area contributed by atoms with E-state index in [0.717, 1.165) is 16.8 Å². The third-order valence-corrected chi connectivity index (χ3v) is 5.56. The Morgan fingerprint density at radius 3 is 2.53 bits per heavy atom. The Balaban J connectivity index is 1.59. The summed E-state index contributed by atoms with van der Waals surface area (Å²) in [6.07, 6.45) is -1.13. The highest BCUT2D eigenvalue weighted by molar-refractivity contribution is 5.94. The molecule has 0 bridgehead atoms.